The van der Waals surface area contributed by atoms with Crippen molar-refractivity contribution >= 4 is 5.78 Å². The molecular formula is C13H11NO2. The third-order valence-electron chi connectivity index (χ3n) is 2.35. The van der Waals surface area contributed by atoms with Crippen LogP contribution in [0.25, 0.3) is 11.3 Å². The number of rotatable bonds is 2. The molecule has 1 aromatic heterocycles. The first-order valence-corrected chi connectivity index (χ1v) is 4.97. The van der Waals surface area contributed by atoms with Crippen LogP contribution in [0.3, 0.4) is 0 Å². The maximum atomic E-state index is 11.2. The summed E-state index contributed by atoms with van der Waals surface area (Å²) in [5.41, 5.74) is 2.14. The second-order valence-corrected chi connectivity index (χ2v) is 3.58. The molecule has 16 heavy (non-hydrogen) atoms. The summed E-state index contributed by atoms with van der Waals surface area (Å²) in [7, 11) is 0. The van der Waals surface area contributed by atoms with Crippen LogP contribution in [0.5, 0.6) is 0 Å². The van der Waals surface area contributed by atoms with Crippen molar-refractivity contribution in [1.29, 1.82) is 0 Å². The van der Waals surface area contributed by atoms with Gasteiger partial charge in [0.15, 0.2) is 11.2 Å². The average molecular weight is 213 g/mol. The number of carbonyl (C=O) groups excluding carboxylic acids is 1. The van der Waals surface area contributed by atoms with Gasteiger partial charge in [-0.05, 0) is 18.6 Å². The molecule has 1 aromatic carbocycles. The van der Waals surface area contributed by atoms with Gasteiger partial charge in [-0.15, -0.1) is 0 Å². The highest BCUT2D eigenvalue weighted by Crippen LogP contribution is 2.16. The molecule has 0 amide bonds. The normalized spacial score (nSPS) is 10.1. The van der Waals surface area contributed by atoms with Gasteiger partial charge in [-0.25, -0.2) is 0 Å². The SMILES string of the molecule is CC(=O)c1cccc(-c2cc(=O)cc[nH]2)c1. The van der Waals surface area contributed by atoms with E-state index in [0.29, 0.717) is 5.56 Å². The van der Waals surface area contributed by atoms with Crippen molar-refractivity contribution in [2.24, 2.45) is 0 Å². The molecule has 1 N–H and O–H groups in total. The largest absolute Gasteiger partial charge is 0.361 e. The monoisotopic (exact) mass is 213 g/mol. The minimum atomic E-state index is -0.0537. The quantitative estimate of drug-likeness (QED) is 0.778. The van der Waals surface area contributed by atoms with Gasteiger partial charge >= 0.3 is 0 Å². The van der Waals surface area contributed by atoms with Crippen molar-refractivity contribution < 1.29 is 4.79 Å². The summed E-state index contributed by atoms with van der Waals surface area (Å²) in [6, 6.07) is 10.2. The van der Waals surface area contributed by atoms with Crippen LogP contribution in [-0.2, 0) is 0 Å². The number of nitrogens with one attached hydrogen (secondary N) is 1. The van der Waals surface area contributed by atoms with Crippen molar-refractivity contribution in [2.45, 2.75) is 6.92 Å². The third kappa shape index (κ3) is 2.08. The summed E-state index contributed by atoms with van der Waals surface area (Å²) >= 11 is 0. The maximum absolute atomic E-state index is 11.2. The number of benzene rings is 1. The molecular weight excluding hydrogens is 202 g/mol. The molecule has 2 rings (SSSR count). The molecule has 0 bridgehead atoms. The number of aromatic amines is 1. The smallest absolute Gasteiger partial charge is 0.182 e. The summed E-state index contributed by atoms with van der Waals surface area (Å²) in [5.74, 6) is 0.0140. The van der Waals surface area contributed by atoms with Crippen LogP contribution >= 0.6 is 0 Å². The fourth-order valence-electron chi connectivity index (χ4n) is 1.52. The molecule has 3 nitrogen and oxygen atoms in total. The van der Waals surface area contributed by atoms with E-state index in [-0.39, 0.29) is 11.2 Å². The van der Waals surface area contributed by atoms with Gasteiger partial charge in [-0.3, -0.25) is 9.59 Å². The highest BCUT2D eigenvalue weighted by atomic mass is 16.1. The Kier molecular flexibility index (Phi) is 2.68. The molecule has 3 heteroatoms. The molecule has 0 radical (unpaired) electrons. The first-order valence-electron chi connectivity index (χ1n) is 4.97. The average Bonchev–Trinajstić information content (AvgIpc) is 2.29. The van der Waals surface area contributed by atoms with Gasteiger partial charge in [0.25, 0.3) is 0 Å². The number of hydrogen-bond donors (Lipinski definition) is 1. The summed E-state index contributed by atoms with van der Waals surface area (Å²) in [4.78, 5) is 25.4. The van der Waals surface area contributed by atoms with E-state index in [2.05, 4.69) is 4.98 Å². The standard InChI is InChI=1S/C13H11NO2/c1-9(15)10-3-2-4-11(7-10)13-8-12(16)5-6-14-13/h2-8H,1H3,(H,14,16). The Morgan fingerprint density at radius 2 is 2.00 bits per heavy atom. The van der Waals surface area contributed by atoms with Gasteiger partial charge in [0, 0.05) is 29.6 Å². The Labute approximate surface area is 92.8 Å². The Bertz CT molecular complexity index is 584. The lowest BCUT2D eigenvalue weighted by Crippen LogP contribution is -1.99. The molecule has 0 saturated heterocycles. The summed E-state index contributed by atoms with van der Waals surface area (Å²) in [6.45, 7) is 1.52. The van der Waals surface area contributed by atoms with Gasteiger partial charge in [-0.1, -0.05) is 18.2 Å². The predicted octanol–water partition coefficient (Wildman–Crippen LogP) is 2.24. The number of hydrogen-bond acceptors (Lipinski definition) is 2. The fourth-order valence-corrected chi connectivity index (χ4v) is 1.52. The van der Waals surface area contributed by atoms with Crippen LogP contribution < -0.4 is 5.43 Å². The van der Waals surface area contributed by atoms with E-state index in [4.69, 9.17) is 0 Å². The number of ketones is 1. The number of Topliss-reactive ketones (excluding diaryl/α,β-unsaturated/α-hetero) is 1. The van der Waals surface area contributed by atoms with Gasteiger partial charge in [0.2, 0.25) is 0 Å². The van der Waals surface area contributed by atoms with Crippen molar-refractivity contribution in [3.05, 3.63) is 58.4 Å². The van der Waals surface area contributed by atoms with Crippen molar-refractivity contribution in [3.63, 3.8) is 0 Å². The number of aromatic nitrogens is 1. The third-order valence-corrected chi connectivity index (χ3v) is 2.35. The molecule has 0 atom stereocenters. The van der Waals surface area contributed by atoms with Crippen LogP contribution in [0.1, 0.15) is 17.3 Å². The van der Waals surface area contributed by atoms with Crippen molar-refractivity contribution in [1.82, 2.24) is 4.98 Å². The Balaban J connectivity index is 2.52. The van der Waals surface area contributed by atoms with E-state index in [9.17, 15) is 9.59 Å². The molecule has 0 aliphatic carbocycles. The lowest BCUT2D eigenvalue weighted by Gasteiger charge is -2.02. The summed E-state index contributed by atoms with van der Waals surface area (Å²) in [5, 5.41) is 0. The molecule has 0 spiro atoms. The van der Waals surface area contributed by atoms with E-state index in [1.807, 2.05) is 6.07 Å². The number of carbonyl (C=O) groups is 1. The molecule has 0 saturated carbocycles. The zero-order valence-corrected chi connectivity index (χ0v) is 8.86. The number of H-pyrrole nitrogens is 1. The topological polar surface area (TPSA) is 49.9 Å². The van der Waals surface area contributed by atoms with Gasteiger partial charge < -0.3 is 4.98 Å². The van der Waals surface area contributed by atoms with Crippen molar-refractivity contribution in [2.75, 3.05) is 0 Å². The zero-order chi connectivity index (χ0) is 11.5. The van der Waals surface area contributed by atoms with Crippen LogP contribution in [-0.4, -0.2) is 10.8 Å². The van der Waals surface area contributed by atoms with Crippen LogP contribution in [0.15, 0.2) is 47.4 Å². The van der Waals surface area contributed by atoms with E-state index in [1.54, 1.807) is 24.4 Å². The van der Waals surface area contributed by atoms with Gasteiger partial charge in [-0.2, -0.15) is 0 Å². The second-order valence-electron chi connectivity index (χ2n) is 3.58. The maximum Gasteiger partial charge on any atom is 0.182 e. The zero-order valence-electron chi connectivity index (χ0n) is 8.86. The van der Waals surface area contributed by atoms with E-state index >= 15 is 0 Å². The Morgan fingerprint density at radius 3 is 2.69 bits per heavy atom. The predicted molar refractivity (Wildman–Crippen MR) is 62.5 cm³/mol. The minimum Gasteiger partial charge on any atom is -0.361 e. The highest BCUT2D eigenvalue weighted by molar-refractivity contribution is 5.95. The minimum absolute atomic E-state index is 0.0140. The molecule has 80 valence electrons. The van der Waals surface area contributed by atoms with Gasteiger partial charge in [0.05, 0.1) is 0 Å². The Morgan fingerprint density at radius 1 is 1.19 bits per heavy atom. The van der Waals surface area contributed by atoms with Crippen molar-refractivity contribution in [3.8, 4) is 11.3 Å². The number of pyridine rings is 1. The fraction of sp³-hybridized carbons (Fsp3) is 0.0769. The van der Waals surface area contributed by atoms with Crippen LogP contribution in [0.4, 0.5) is 0 Å². The Hall–Kier alpha value is -2.16. The first-order chi connectivity index (χ1) is 7.66. The molecule has 0 aliphatic rings. The highest BCUT2D eigenvalue weighted by Gasteiger charge is 2.02. The van der Waals surface area contributed by atoms with Crippen LogP contribution in [0, 0.1) is 0 Å². The molecule has 1 heterocycles. The van der Waals surface area contributed by atoms with E-state index < -0.39 is 0 Å². The molecule has 0 aliphatic heterocycles. The van der Waals surface area contributed by atoms with E-state index in [0.717, 1.165) is 11.3 Å². The van der Waals surface area contributed by atoms with Gasteiger partial charge in [0.1, 0.15) is 0 Å². The summed E-state index contributed by atoms with van der Waals surface area (Å²) in [6.07, 6.45) is 1.60. The lowest BCUT2D eigenvalue weighted by molar-refractivity contribution is 0.101. The molecule has 0 unspecified atom stereocenters. The molecule has 0 fully saturated rings. The lowest BCUT2D eigenvalue weighted by atomic mass is 10.1. The van der Waals surface area contributed by atoms with E-state index in [1.165, 1.54) is 19.1 Å². The first kappa shape index (κ1) is 10.4. The van der Waals surface area contributed by atoms with Crippen LogP contribution in [0.2, 0.25) is 0 Å². The second kappa shape index (κ2) is 4.14. The summed E-state index contributed by atoms with van der Waals surface area (Å²) < 4.78 is 0. The molecule has 2 aromatic rings.